The van der Waals surface area contributed by atoms with E-state index < -0.39 is 18.2 Å². The Kier molecular flexibility index (Phi) is 6.78. The van der Waals surface area contributed by atoms with Crippen molar-refractivity contribution in [3.05, 3.63) is 71.8 Å². The van der Waals surface area contributed by atoms with E-state index in [0.717, 1.165) is 11.1 Å². The van der Waals surface area contributed by atoms with Crippen LogP contribution in [0, 0.1) is 5.92 Å². The number of rotatable bonds is 9. The molecule has 0 aromatic heterocycles. The summed E-state index contributed by atoms with van der Waals surface area (Å²) in [5.74, 6) is -1.60. The first-order chi connectivity index (χ1) is 11.2. The lowest BCUT2D eigenvalue weighted by Gasteiger charge is -2.24. The first-order valence-corrected chi connectivity index (χ1v) is 7.74. The van der Waals surface area contributed by atoms with Gasteiger partial charge in [-0.25, -0.2) is 0 Å². The SMILES string of the molecule is CCC(C(=O)O)C(OCc1ccccc1)OCc1ccccc1. The van der Waals surface area contributed by atoms with E-state index in [2.05, 4.69) is 0 Å². The zero-order valence-electron chi connectivity index (χ0n) is 13.2. The van der Waals surface area contributed by atoms with E-state index in [9.17, 15) is 9.90 Å². The number of hydrogen-bond acceptors (Lipinski definition) is 3. The lowest BCUT2D eigenvalue weighted by molar-refractivity contribution is -0.198. The Balaban J connectivity index is 2.00. The van der Waals surface area contributed by atoms with Gasteiger partial charge in [0, 0.05) is 0 Å². The first-order valence-electron chi connectivity index (χ1n) is 7.74. The third-order valence-corrected chi connectivity index (χ3v) is 3.60. The van der Waals surface area contributed by atoms with Gasteiger partial charge < -0.3 is 14.6 Å². The molecule has 4 heteroatoms. The van der Waals surface area contributed by atoms with Crippen LogP contribution in [0.4, 0.5) is 0 Å². The van der Waals surface area contributed by atoms with Crippen LogP contribution in [0.15, 0.2) is 60.7 Å². The molecule has 1 unspecified atom stereocenters. The van der Waals surface area contributed by atoms with Gasteiger partial charge in [0.25, 0.3) is 0 Å². The number of carbonyl (C=O) groups is 1. The van der Waals surface area contributed by atoms with Gasteiger partial charge in [-0.3, -0.25) is 4.79 Å². The molecule has 2 aromatic carbocycles. The molecule has 1 N–H and O–H groups in total. The van der Waals surface area contributed by atoms with E-state index in [1.807, 2.05) is 67.6 Å². The van der Waals surface area contributed by atoms with Crippen molar-refractivity contribution in [2.24, 2.45) is 5.92 Å². The Morgan fingerprint density at radius 2 is 1.35 bits per heavy atom. The highest BCUT2D eigenvalue weighted by atomic mass is 16.7. The zero-order valence-corrected chi connectivity index (χ0v) is 13.2. The predicted octanol–water partition coefficient (Wildman–Crippen LogP) is 3.86. The Morgan fingerprint density at radius 1 is 0.913 bits per heavy atom. The molecular formula is C19H22O4. The van der Waals surface area contributed by atoms with Crippen molar-refractivity contribution < 1.29 is 19.4 Å². The molecule has 0 radical (unpaired) electrons. The summed E-state index contributed by atoms with van der Waals surface area (Å²) in [7, 11) is 0. The van der Waals surface area contributed by atoms with Gasteiger partial charge in [-0.15, -0.1) is 0 Å². The molecule has 1 atom stereocenters. The van der Waals surface area contributed by atoms with Gasteiger partial charge in [-0.2, -0.15) is 0 Å². The average Bonchev–Trinajstić information content (AvgIpc) is 2.59. The van der Waals surface area contributed by atoms with Crippen molar-refractivity contribution in [3.8, 4) is 0 Å². The minimum absolute atomic E-state index is 0.323. The summed E-state index contributed by atoms with van der Waals surface area (Å²) in [6, 6.07) is 19.3. The van der Waals surface area contributed by atoms with Crippen molar-refractivity contribution in [2.75, 3.05) is 0 Å². The number of hydrogen-bond donors (Lipinski definition) is 1. The van der Waals surface area contributed by atoms with Gasteiger partial charge in [-0.05, 0) is 17.5 Å². The molecule has 0 aliphatic carbocycles. The molecule has 0 bridgehead atoms. The smallest absolute Gasteiger partial charge is 0.311 e. The molecule has 0 amide bonds. The zero-order chi connectivity index (χ0) is 16.5. The van der Waals surface area contributed by atoms with Crippen LogP contribution in [0.2, 0.25) is 0 Å². The van der Waals surface area contributed by atoms with E-state index >= 15 is 0 Å². The van der Waals surface area contributed by atoms with E-state index in [4.69, 9.17) is 9.47 Å². The normalized spacial score (nSPS) is 12.3. The minimum atomic E-state index is -0.904. The summed E-state index contributed by atoms with van der Waals surface area (Å²) < 4.78 is 11.5. The van der Waals surface area contributed by atoms with E-state index in [0.29, 0.717) is 19.6 Å². The first kappa shape index (κ1) is 17.2. The lowest BCUT2D eigenvalue weighted by atomic mass is 10.1. The molecule has 0 spiro atoms. The van der Waals surface area contributed by atoms with Crippen LogP contribution in [0.5, 0.6) is 0 Å². The van der Waals surface area contributed by atoms with Gasteiger partial charge in [0.15, 0.2) is 6.29 Å². The average molecular weight is 314 g/mol. The topological polar surface area (TPSA) is 55.8 Å². The number of aliphatic carboxylic acids is 1. The summed E-state index contributed by atoms with van der Waals surface area (Å²) in [6.45, 7) is 2.47. The molecule has 2 rings (SSSR count). The second-order valence-corrected chi connectivity index (χ2v) is 5.31. The number of ether oxygens (including phenoxy) is 2. The van der Waals surface area contributed by atoms with E-state index in [-0.39, 0.29) is 0 Å². The van der Waals surface area contributed by atoms with Crippen LogP contribution in [0.1, 0.15) is 24.5 Å². The van der Waals surface area contributed by atoms with Crippen molar-refractivity contribution in [1.82, 2.24) is 0 Å². The van der Waals surface area contributed by atoms with Crippen LogP contribution in [-0.2, 0) is 27.5 Å². The van der Waals surface area contributed by atoms with Crippen molar-refractivity contribution in [3.63, 3.8) is 0 Å². The fourth-order valence-electron chi connectivity index (χ4n) is 2.27. The number of benzene rings is 2. The maximum absolute atomic E-state index is 11.4. The van der Waals surface area contributed by atoms with Gasteiger partial charge in [-0.1, -0.05) is 67.6 Å². The molecule has 0 aliphatic rings. The highest BCUT2D eigenvalue weighted by molar-refractivity contribution is 5.70. The Morgan fingerprint density at radius 3 is 1.70 bits per heavy atom. The van der Waals surface area contributed by atoms with Crippen LogP contribution in [-0.4, -0.2) is 17.4 Å². The van der Waals surface area contributed by atoms with Gasteiger partial charge >= 0.3 is 5.97 Å². The summed E-state index contributed by atoms with van der Waals surface area (Å²) in [4.78, 5) is 11.4. The van der Waals surface area contributed by atoms with Gasteiger partial charge in [0.05, 0.1) is 13.2 Å². The van der Waals surface area contributed by atoms with Crippen molar-refractivity contribution in [1.29, 1.82) is 0 Å². The van der Waals surface area contributed by atoms with Gasteiger partial charge in [0.1, 0.15) is 5.92 Å². The quantitative estimate of drug-likeness (QED) is 0.714. The number of carboxylic acid groups (broad SMARTS) is 1. The summed E-state index contributed by atoms with van der Waals surface area (Å²) >= 11 is 0. The van der Waals surface area contributed by atoms with E-state index in [1.165, 1.54) is 0 Å². The van der Waals surface area contributed by atoms with Crippen LogP contribution < -0.4 is 0 Å². The van der Waals surface area contributed by atoms with E-state index in [1.54, 1.807) is 0 Å². The second-order valence-electron chi connectivity index (χ2n) is 5.31. The predicted molar refractivity (Wildman–Crippen MR) is 87.7 cm³/mol. The Hall–Kier alpha value is -2.17. The fourth-order valence-corrected chi connectivity index (χ4v) is 2.27. The lowest BCUT2D eigenvalue weighted by Crippen LogP contribution is -2.32. The Bertz CT molecular complexity index is 539. The summed E-state index contributed by atoms with van der Waals surface area (Å²) in [5, 5.41) is 9.38. The maximum Gasteiger partial charge on any atom is 0.311 e. The molecule has 4 nitrogen and oxygen atoms in total. The van der Waals surface area contributed by atoms with Crippen LogP contribution >= 0.6 is 0 Å². The largest absolute Gasteiger partial charge is 0.481 e. The molecule has 0 aliphatic heterocycles. The number of carboxylic acids is 1. The Labute approximate surface area is 136 Å². The minimum Gasteiger partial charge on any atom is -0.481 e. The fraction of sp³-hybridized carbons (Fsp3) is 0.316. The standard InChI is InChI=1S/C19H22O4/c1-2-17(18(20)21)19(22-13-15-9-5-3-6-10-15)23-14-16-11-7-4-8-12-16/h3-12,17,19H,2,13-14H2,1H3,(H,20,21). The molecular weight excluding hydrogens is 292 g/mol. The molecule has 0 fully saturated rings. The van der Waals surface area contributed by atoms with Crippen LogP contribution in [0.3, 0.4) is 0 Å². The molecule has 2 aromatic rings. The molecule has 23 heavy (non-hydrogen) atoms. The highest BCUT2D eigenvalue weighted by Crippen LogP contribution is 2.18. The van der Waals surface area contributed by atoms with Gasteiger partial charge in [0.2, 0.25) is 0 Å². The molecule has 0 heterocycles. The molecule has 0 saturated heterocycles. The summed E-state index contributed by atoms with van der Waals surface area (Å²) in [6.07, 6.45) is -0.332. The maximum atomic E-state index is 11.4. The third kappa shape index (κ3) is 5.51. The van der Waals surface area contributed by atoms with Crippen molar-refractivity contribution >= 4 is 5.97 Å². The molecule has 0 saturated carbocycles. The highest BCUT2D eigenvalue weighted by Gasteiger charge is 2.28. The monoisotopic (exact) mass is 314 g/mol. The summed E-state index contributed by atoms with van der Waals surface area (Å²) in [5.41, 5.74) is 1.97. The third-order valence-electron chi connectivity index (χ3n) is 3.60. The second kappa shape index (κ2) is 9.08. The van der Waals surface area contributed by atoms with Crippen molar-refractivity contribution in [2.45, 2.75) is 32.8 Å². The molecule has 122 valence electrons. The van der Waals surface area contributed by atoms with Crippen LogP contribution in [0.25, 0.3) is 0 Å².